The molecule has 1 aromatic carbocycles. The molecule has 106 valence electrons. The van der Waals surface area contributed by atoms with E-state index in [4.69, 9.17) is 5.26 Å². The highest BCUT2D eigenvalue weighted by atomic mass is 79.9. The molecule has 2 amide bonds. The van der Waals surface area contributed by atoms with E-state index in [1.165, 1.54) is 6.07 Å². The minimum absolute atomic E-state index is 0.183. The molecule has 0 aliphatic heterocycles. The molecule has 0 heterocycles. The van der Waals surface area contributed by atoms with Crippen molar-refractivity contribution in [3.05, 3.63) is 28.2 Å². The zero-order valence-corrected chi connectivity index (χ0v) is 11.3. The molecule has 5 nitrogen and oxygen atoms in total. The second kappa shape index (κ2) is 6.38. The van der Waals surface area contributed by atoms with Gasteiger partial charge in [0.2, 0.25) is 0 Å². The number of rotatable bonds is 2. The first-order valence-electron chi connectivity index (χ1n) is 5.08. The number of nitriles is 1. The molecule has 0 atom stereocenters. The Hall–Kier alpha value is -2.08. The fourth-order valence-electron chi connectivity index (χ4n) is 1.21. The van der Waals surface area contributed by atoms with Gasteiger partial charge in [-0.15, -0.1) is 0 Å². The standard InChI is InChI=1S/C11H7BrF3N3O2/c12-8-2-1-6(5-7(8)11(13,14)15)18-10(20)9(19)17-4-3-16/h1-2,5H,4H2,(H,17,19)(H,18,20). The third-order valence-electron chi connectivity index (χ3n) is 2.06. The fourth-order valence-corrected chi connectivity index (χ4v) is 1.68. The van der Waals surface area contributed by atoms with E-state index in [0.717, 1.165) is 6.07 Å². The van der Waals surface area contributed by atoms with E-state index in [1.54, 1.807) is 6.07 Å². The van der Waals surface area contributed by atoms with Crippen LogP contribution in [0.25, 0.3) is 0 Å². The second-order valence-electron chi connectivity index (χ2n) is 3.49. The van der Waals surface area contributed by atoms with Crippen LogP contribution in [0.5, 0.6) is 0 Å². The van der Waals surface area contributed by atoms with E-state index < -0.39 is 23.6 Å². The summed E-state index contributed by atoms with van der Waals surface area (Å²) in [6.07, 6.45) is -4.59. The molecule has 0 aliphatic carbocycles. The highest BCUT2D eigenvalue weighted by molar-refractivity contribution is 9.10. The lowest BCUT2D eigenvalue weighted by Crippen LogP contribution is -2.35. The van der Waals surface area contributed by atoms with Crippen LogP contribution in [-0.4, -0.2) is 18.4 Å². The topological polar surface area (TPSA) is 82.0 Å². The van der Waals surface area contributed by atoms with Gasteiger partial charge in [-0.2, -0.15) is 18.4 Å². The maximum atomic E-state index is 12.6. The predicted molar refractivity (Wildman–Crippen MR) is 66.4 cm³/mol. The molecule has 0 aromatic heterocycles. The van der Waals surface area contributed by atoms with Crippen molar-refractivity contribution in [1.29, 1.82) is 5.26 Å². The van der Waals surface area contributed by atoms with Gasteiger partial charge in [0.1, 0.15) is 6.54 Å². The molecular formula is C11H7BrF3N3O2. The number of anilines is 1. The van der Waals surface area contributed by atoms with Crippen LogP contribution in [0.3, 0.4) is 0 Å². The van der Waals surface area contributed by atoms with Gasteiger partial charge < -0.3 is 10.6 Å². The first-order chi connectivity index (χ1) is 9.25. The average Bonchev–Trinajstić information content (AvgIpc) is 2.36. The number of halogens is 4. The van der Waals surface area contributed by atoms with E-state index >= 15 is 0 Å². The van der Waals surface area contributed by atoms with Crippen LogP contribution in [-0.2, 0) is 15.8 Å². The number of carbonyl (C=O) groups excluding carboxylic acids is 2. The molecule has 20 heavy (non-hydrogen) atoms. The van der Waals surface area contributed by atoms with Crippen LogP contribution in [0.15, 0.2) is 22.7 Å². The summed E-state index contributed by atoms with van der Waals surface area (Å²) in [5.41, 5.74) is -1.16. The molecule has 9 heteroatoms. The maximum Gasteiger partial charge on any atom is 0.417 e. The summed E-state index contributed by atoms with van der Waals surface area (Å²) in [4.78, 5) is 22.5. The van der Waals surface area contributed by atoms with E-state index in [-0.39, 0.29) is 16.7 Å². The normalized spacial score (nSPS) is 10.6. The van der Waals surface area contributed by atoms with Crippen molar-refractivity contribution in [2.24, 2.45) is 0 Å². The number of amides is 2. The Bertz CT molecular complexity index is 581. The van der Waals surface area contributed by atoms with Crippen molar-refractivity contribution < 1.29 is 22.8 Å². The van der Waals surface area contributed by atoms with Gasteiger partial charge in [-0.25, -0.2) is 0 Å². The molecule has 0 unspecified atom stereocenters. The zero-order chi connectivity index (χ0) is 15.3. The smallest absolute Gasteiger partial charge is 0.335 e. The molecule has 0 saturated heterocycles. The second-order valence-corrected chi connectivity index (χ2v) is 4.34. The SMILES string of the molecule is N#CCNC(=O)C(=O)Nc1ccc(Br)c(C(F)(F)F)c1. The van der Waals surface area contributed by atoms with Gasteiger partial charge in [0, 0.05) is 10.2 Å². The number of nitrogens with one attached hydrogen (secondary N) is 2. The fraction of sp³-hybridized carbons (Fsp3) is 0.182. The molecule has 0 saturated carbocycles. The zero-order valence-electron chi connectivity index (χ0n) is 9.71. The minimum Gasteiger partial charge on any atom is -0.335 e. The molecule has 0 spiro atoms. The molecular weight excluding hydrogens is 343 g/mol. The number of nitrogens with zero attached hydrogens (tertiary/aromatic N) is 1. The van der Waals surface area contributed by atoms with Crippen LogP contribution in [0.1, 0.15) is 5.56 Å². The summed E-state index contributed by atoms with van der Waals surface area (Å²) < 4.78 is 37.7. The molecule has 1 rings (SSSR count). The summed E-state index contributed by atoms with van der Waals surface area (Å²) in [6, 6.07) is 4.59. The molecule has 0 bridgehead atoms. The van der Waals surface area contributed by atoms with E-state index in [2.05, 4.69) is 15.9 Å². The largest absolute Gasteiger partial charge is 0.417 e. The number of hydrogen-bond donors (Lipinski definition) is 2. The number of hydrogen-bond acceptors (Lipinski definition) is 3. The number of benzene rings is 1. The molecule has 2 N–H and O–H groups in total. The average molecular weight is 350 g/mol. The molecule has 1 aromatic rings. The third kappa shape index (κ3) is 4.24. The predicted octanol–water partition coefficient (Wildman–Crippen LogP) is 2.05. The van der Waals surface area contributed by atoms with Crippen molar-refractivity contribution in [2.45, 2.75) is 6.18 Å². The summed E-state index contributed by atoms with van der Waals surface area (Å²) in [6.45, 7) is -0.375. The Kier molecular flexibility index (Phi) is 5.10. The van der Waals surface area contributed by atoms with Crippen molar-refractivity contribution >= 4 is 33.4 Å². The van der Waals surface area contributed by atoms with Crippen LogP contribution < -0.4 is 10.6 Å². The van der Waals surface area contributed by atoms with Crippen LogP contribution in [0, 0.1) is 11.3 Å². The molecule has 0 fully saturated rings. The first-order valence-corrected chi connectivity index (χ1v) is 5.88. The molecule has 0 aliphatic rings. The van der Waals surface area contributed by atoms with Crippen molar-refractivity contribution in [2.75, 3.05) is 11.9 Å². The summed E-state index contributed by atoms with van der Waals surface area (Å²) >= 11 is 2.75. The third-order valence-corrected chi connectivity index (χ3v) is 2.76. The van der Waals surface area contributed by atoms with Gasteiger partial charge in [0.05, 0.1) is 11.6 Å². The van der Waals surface area contributed by atoms with Crippen LogP contribution >= 0.6 is 15.9 Å². The lowest BCUT2D eigenvalue weighted by Gasteiger charge is -2.11. The summed E-state index contributed by atoms with van der Waals surface area (Å²) in [7, 11) is 0. The Balaban J connectivity index is 2.87. The summed E-state index contributed by atoms with van der Waals surface area (Å²) in [5.74, 6) is -2.27. The maximum absolute atomic E-state index is 12.6. The van der Waals surface area contributed by atoms with Gasteiger partial charge in [-0.05, 0) is 18.2 Å². The van der Waals surface area contributed by atoms with E-state index in [1.807, 2.05) is 10.6 Å². The van der Waals surface area contributed by atoms with Crippen LogP contribution in [0.4, 0.5) is 18.9 Å². The Labute approximate surface area is 119 Å². The van der Waals surface area contributed by atoms with E-state index in [0.29, 0.717) is 6.07 Å². The van der Waals surface area contributed by atoms with Crippen molar-refractivity contribution in [1.82, 2.24) is 5.32 Å². The lowest BCUT2D eigenvalue weighted by molar-refractivity contribution is -0.138. The van der Waals surface area contributed by atoms with Gasteiger partial charge in [-0.1, -0.05) is 15.9 Å². The van der Waals surface area contributed by atoms with Gasteiger partial charge in [0.15, 0.2) is 0 Å². The van der Waals surface area contributed by atoms with Crippen LogP contribution in [0.2, 0.25) is 0 Å². The van der Waals surface area contributed by atoms with Gasteiger partial charge in [-0.3, -0.25) is 9.59 Å². The number of alkyl halides is 3. The Morgan fingerprint density at radius 2 is 1.95 bits per heavy atom. The minimum atomic E-state index is -4.59. The van der Waals surface area contributed by atoms with Gasteiger partial charge in [0.25, 0.3) is 0 Å². The Morgan fingerprint density at radius 3 is 2.50 bits per heavy atom. The Morgan fingerprint density at radius 1 is 1.30 bits per heavy atom. The highest BCUT2D eigenvalue weighted by Gasteiger charge is 2.33. The monoisotopic (exact) mass is 349 g/mol. The first kappa shape index (κ1) is 16.0. The quantitative estimate of drug-likeness (QED) is 0.633. The van der Waals surface area contributed by atoms with Crippen molar-refractivity contribution in [3.8, 4) is 6.07 Å². The summed E-state index contributed by atoms with van der Waals surface area (Å²) in [5, 5.41) is 12.2. The van der Waals surface area contributed by atoms with Gasteiger partial charge >= 0.3 is 18.0 Å². The lowest BCUT2D eigenvalue weighted by atomic mass is 10.2. The highest BCUT2D eigenvalue weighted by Crippen LogP contribution is 2.36. The van der Waals surface area contributed by atoms with Crippen molar-refractivity contribution in [3.63, 3.8) is 0 Å². The molecule has 0 radical (unpaired) electrons. The number of carbonyl (C=O) groups is 2. The van der Waals surface area contributed by atoms with E-state index in [9.17, 15) is 22.8 Å².